The first-order valence-corrected chi connectivity index (χ1v) is 9.01. The van der Waals surface area contributed by atoms with Gasteiger partial charge in [-0.15, -0.1) is 24.0 Å². The molecule has 150 valence electrons. The van der Waals surface area contributed by atoms with Gasteiger partial charge in [0.25, 0.3) is 0 Å². The molecule has 1 saturated heterocycles. The van der Waals surface area contributed by atoms with Gasteiger partial charge in [-0.25, -0.2) is 9.98 Å². The van der Waals surface area contributed by atoms with Gasteiger partial charge in [0.1, 0.15) is 12.4 Å². The SMILES string of the molecule is CCNC(=NCc1nccn1C(F)F)NCC(C)(C)N1CCCCC1.I. The lowest BCUT2D eigenvalue weighted by Gasteiger charge is -2.41. The number of nitrogens with one attached hydrogen (secondary N) is 2. The van der Waals surface area contributed by atoms with E-state index in [1.165, 1.54) is 31.7 Å². The van der Waals surface area contributed by atoms with Gasteiger partial charge >= 0.3 is 6.55 Å². The van der Waals surface area contributed by atoms with E-state index in [0.29, 0.717) is 12.5 Å². The van der Waals surface area contributed by atoms with Crippen molar-refractivity contribution in [1.29, 1.82) is 0 Å². The van der Waals surface area contributed by atoms with Crippen LogP contribution in [0.5, 0.6) is 0 Å². The molecule has 1 aromatic rings. The Bertz CT molecular complexity index is 555. The van der Waals surface area contributed by atoms with Crippen LogP contribution in [-0.2, 0) is 6.54 Å². The Morgan fingerprint density at radius 2 is 1.96 bits per heavy atom. The Morgan fingerprint density at radius 3 is 2.58 bits per heavy atom. The predicted octanol–water partition coefficient (Wildman–Crippen LogP) is 3.22. The monoisotopic (exact) mass is 484 g/mol. The van der Waals surface area contributed by atoms with E-state index in [-0.39, 0.29) is 41.9 Å². The number of rotatable bonds is 7. The second kappa shape index (κ2) is 11.0. The van der Waals surface area contributed by atoms with Crippen molar-refractivity contribution in [2.75, 3.05) is 26.2 Å². The molecule has 2 N–H and O–H groups in total. The van der Waals surface area contributed by atoms with Gasteiger partial charge < -0.3 is 10.6 Å². The molecule has 26 heavy (non-hydrogen) atoms. The summed E-state index contributed by atoms with van der Waals surface area (Å²) in [6.07, 6.45) is 6.44. The summed E-state index contributed by atoms with van der Waals surface area (Å²) in [6.45, 7) is 7.62. The van der Waals surface area contributed by atoms with Gasteiger partial charge in [0.15, 0.2) is 5.96 Å². The van der Waals surface area contributed by atoms with Gasteiger partial charge in [-0.3, -0.25) is 9.47 Å². The third-order valence-corrected chi connectivity index (χ3v) is 4.58. The van der Waals surface area contributed by atoms with E-state index in [9.17, 15) is 8.78 Å². The van der Waals surface area contributed by atoms with Crippen LogP contribution in [0.15, 0.2) is 17.4 Å². The fourth-order valence-corrected chi connectivity index (χ4v) is 3.05. The van der Waals surface area contributed by atoms with Crippen LogP contribution in [0.3, 0.4) is 0 Å². The second-order valence-corrected chi connectivity index (χ2v) is 6.94. The average Bonchev–Trinajstić information content (AvgIpc) is 3.07. The number of piperidine rings is 1. The third kappa shape index (κ3) is 6.64. The molecule has 1 aromatic heterocycles. The zero-order valence-corrected chi connectivity index (χ0v) is 18.2. The summed E-state index contributed by atoms with van der Waals surface area (Å²) < 4.78 is 26.6. The van der Waals surface area contributed by atoms with E-state index in [2.05, 4.69) is 39.4 Å². The van der Waals surface area contributed by atoms with E-state index in [1.54, 1.807) is 0 Å². The van der Waals surface area contributed by atoms with Crippen molar-refractivity contribution in [2.24, 2.45) is 4.99 Å². The number of nitrogens with zero attached hydrogens (tertiary/aromatic N) is 4. The molecule has 0 aromatic carbocycles. The maximum absolute atomic E-state index is 12.9. The smallest absolute Gasteiger partial charge is 0.319 e. The van der Waals surface area contributed by atoms with Gasteiger partial charge in [0, 0.05) is 31.0 Å². The van der Waals surface area contributed by atoms with Crippen LogP contribution in [0.25, 0.3) is 0 Å². The summed E-state index contributed by atoms with van der Waals surface area (Å²) in [4.78, 5) is 10.9. The maximum atomic E-state index is 12.9. The largest absolute Gasteiger partial charge is 0.357 e. The van der Waals surface area contributed by atoms with E-state index < -0.39 is 6.55 Å². The Balaban J connectivity index is 0.00000338. The minimum Gasteiger partial charge on any atom is -0.357 e. The standard InChI is InChI=1S/C17H30F2N6.HI/c1-4-20-16(22-12-14-21-8-11-25(14)15(18)19)23-13-17(2,3)24-9-6-5-7-10-24;/h8,11,15H,4-7,9-10,12-13H2,1-3H3,(H2,20,22,23);1H. The first kappa shape index (κ1) is 23.1. The lowest BCUT2D eigenvalue weighted by molar-refractivity contribution is 0.0671. The summed E-state index contributed by atoms with van der Waals surface area (Å²) in [5.74, 6) is 0.874. The molecule has 1 aliphatic heterocycles. The van der Waals surface area contributed by atoms with Gasteiger partial charge in [-0.1, -0.05) is 6.42 Å². The number of hydrogen-bond acceptors (Lipinski definition) is 3. The number of imidazole rings is 1. The molecule has 2 heterocycles. The molecule has 0 atom stereocenters. The summed E-state index contributed by atoms with van der Waals surface area (Å²) in [5.41, 5.74) is 0.0120. The topological polar surface area (TPSA) is 57.5 Å². The number of alkyl halides is 2. The van der Waals surface area contributed by atoms with Crippen LogP contribution < -0.4 is 10.6 Å². The van der Waals surface area contributed by atoms with Crippen LogP contribution in [-0.4, -0.2) is 52.1 Å². The minimum absolute atomic E-state index is 0. The van der Waals surface area contributed by atoms with Crippen molar-refractivity contribution in [2.45, 2.75) is 58.7 Å². The maximum Gasteiger partial charge on any atom is 0.319 e. The first-order valence-electron chi connectivity index (χ1n) is 9.01. The molecule has 0 saturated carbocycles. The van der Waals surface area contributed by atoms with Crippen molar-refractivity contribution >= 4 is 29.9 Å². The zero-order valence-electron chi connectivity index (χ0n) is 15.8. The quantitative estimate of drug-likeness (QED) is 0.355. The fraction of sp³-hybridized carbons (Fsp3) is 0.765. The Kier molecular flexibility index (Phi) is 9.77. The highest BCUT2D eigenvalue weighted by Crippen LogP contribution is 2.19. The number of halogens is 3. The third-order valence-electron chi connectivity index (χ3n) is 4.58. The Hall–Kier alpha value is -0.970. The fourth-order valence-electron chi connectivity index (χ4n) is 3.05. The van der Waals surface area contributed by atoms with Crippen LogP contribution >= 0.6 is 24.0 Å². The summed E-state index contributed by atoms with van der Waals surface area (Å²) >= 11 is 0. The highest BCUT2D eigenvalue weighted by molar-refractivity contribution is 14.0. The molecule has 2 rings (SSSR count). The van der Waals surface area contributed by atoms with Crippen molar-refractivity contribution in [3.05, 3.63) is 18.2 Å². The molecule has 1 aliphatic rings. The summed E-state index contributed by atoms with van der Waals surface area (Å²) in [5, 5.41) is 6.51. The molecule has 0 radical (unpaired) electrons. The number of aromatic nitrogens is 2. The van der Waals surface area contributed by atoms with Gasteiger partial charge in [-0.2, -0.15) is 8.78 Å². The lowest BCUT2D eigenvalue weighted by atomic mass is 9.98. The molecule has 0 amide bonds. The molecule has 1 fully saturated rings. The van der Waals surface area contributed by atoms with Gasteiger partial charge in [-0.05, 0) is 46.7 Å². The summed E-state index contributed by atoms with van der Waals surface area (Å²) in [6, 6.07) is 0. The number of guanidine groups is 1. The molecule has 0 bridgehead atoms. The minimum atomic E-state index is -2.60. The lowest BCUT2D eigenvalue weighted by Crippen LogP contribution is -2.54. The molecular formula is C17H31F2IN6. The van der Waals surface area contributed by atoms with Crippen LogP contribution in [0.4, 0.5) is 8.78 Å². The van der Waals surface area contributed by atoms with Crippen molar-refractivity contribution < 1.29 is 8.78 Å². The van der Waals surface area contributed by atoms with Crippen LogP contribution in [0.1, 0.15) is 52.4 Å². The van der Waals surface area contributed by atoms with E-state index in [1.807, 2.05) is 6.92 Å². The van der Waals surface area contributed by atoms with Crippen LogP contribution in [0, 0.1) is 0 Å². The van der Waals surface area contributed by atoms with Crippen molar-refractivity contribution in [1.82, 2.24) is 25.1 Å². The van der Waals surface area contributed by atoms with Crippen LogP contribution in [0.2, 0.25) is 0 Å². The first-order chi connectivity index (χ1) is 11.9. The van der Waals surface area contributed by atoms with Crippen molar-refractivity contribution in [3.8, 4) is 0 Å². The number of aliphatic imine (C=N–C) groups is 1. The normalized spacial score (nSPS) is 16.5. The van der Waals surface area contributed by atoms with Gasteiger partial charge in [0.2, 0.25) is 0 Å². The van der Waals surface area contributed by atoms with E-state index in [4.69, 9.17) is 0 Å². The molecule has 0 spiro atoms. The van der Waals surface area contributed by atoms with E-state index >= 15 is 0 Å². The van der Waals surface area contributed by atoms with E-state index in [0.717, 1.165) is 24.2 Å². The van der Waals surface area contributed by atoms with Crippen molar-refractivity contribution in [3.63, 3.8) is 0 Å². The highest BCUT2D eigenvalue weighted by atomic mass is 127. The number of likely N-dealkylation sites (tertiary alicyclic amines) is 1. The second-order valence-electron chi connectivity index (χ2n) is 6.94. The molecular weight excluding hydrogens is 453 g/mol. The molecule has 6 nitrogen and oxygen atoms in total. The Morgan fingerprint density at radius 1 is 1.27 bits per heavy atom. The molecule has 0 aliphatic carbocycles. The predicted molar refractivity (Wildman–Crippen MR) is 111 cm³/mol. The Labute approximate surface area is 171 Å². The number of hydrogen-bond donors (Lipinski definition) is 2. The van der Waals surface area contributed by atoms with Gasteiger partial charge in [0.05, 0.1) is 0 Å². The summed E-state index contributed by atoms with van der Waals surface area (Å²) in [7, 11) is 0. The molecule has 0 unspecified atom stereocenters. The average molecular weight is 484 g/mol. The molecule has 9 heteroatoms. The zero-order chi connectivity index (χ0) is 18.3. The highest BCUT2D eigenvalue weighted by Gasteiger charge is 2.27.